The van der Waals surface area contributed by atoms with E-state index in [9.17, 15) is 4.79 Å². The highest BCUT2D eigenvalue weighted by Crippen LogP contribution is 2.30. The van der Waals surface area contributed by atoms with Gasteiger partial charge in [-0.15, -0.1) is 11.3 Å². The molecule has 0 bridgehead atoms. The smallest absolute Gasteiger partial charge is 0.282 e. The molecule has 40 heavy (non-hydrogen) atoms. The van der Waals surface area contributed by atoms with Gasteiger partial charge < -0.3 is 10.2 Å². The predicted octanol–water partition coefficient (Wildman–Crippen LogP) is 5.80. The van der Waals surface area contributed by atoms with Gasteiger partial charge in [0.2, 0.25) is 5.95 Å². The van der Waals surface area contributed by atoms with Gasteiger partial charge in [-0.3, -0.25) is 9.69 Å². The van der Waals surface area contributed by atoms with E-state index in [0.717, 1.165) is 48.0 Å². The minimum Gasteiger partial charge on any atom is -0.369 e. The Balaban J connectivity index is 1.33. The largest absolute Gasteiger partial charge is 0.369 e. The number of rotatable bonds is 6. The third-order valence-electron chi connectivity index (χ3n) is 7.57. The number of para-hydroxylation sites is 1. The summed E-state index contributed by atoms with van der Waals surface area (Å²) in [5.74, 6) is 0.429. The van der Waals surface area contributed by atoms with Crippen molar-refractivity contribution >= 4 is 39.6 Å². The van der Waals surface area contributed by atoms with Gasteiger partial charge >= 0.3 is 0 Å². The first-order chi connectivity index (χ1) is 19.4. The van der Waals surface area contributed by atoms with Crippen LogP contribution in [0, 0.1) is 13.8 Å². The van der Waals surface area contributed by atoms with Crippen LogP contribution in [0.5, 0.6) is 0 Å². The summed E-state index contributed by atoms with van der Waals surface area (Å²) in [7, 11) is 0. The fraction of sp³-hybridized carbons (Fsp3) is 0.290. The lowest BCUT2D eigenvalue weighted by molar-refractivity contribution is 0.209. The zero-order chi connectivity index (χ0) is 27.8. The number of anilines is 3. The van der Waals surface area contributed by atoms with Crippen molar-refractivity contribution in [3.05, 3.63) is 87.7 Å². The van der Waals surface area contributed by atoms with E-state index in [1.54, 1.807) is 17.5 Å². The molecule has 0 saturated carbocycles. The fourth-order valence-electron chi connectivity index (χ4n) is 5.33. The first-order valence-corrected chi connectivity index (χ1v) is 14.5. The van der Waals surface area contributed by atoms with Crippen LogP contribution < -0.4 is 15.8 Å². The number of benzene rings is 2. The lowest BCUT2D eigenvalue weighted by Gasteiger charge is -2.38. The highest BCUT2D eigenvalue weighted by atomic mass is 32.1. The predicted molar refractivity (Wildman–Crippen MR) is 164 cm³/mol. The molecule has 1 aliphatic rings. The minimum absolute atomic E-state index is 0.242. The number of nitrogens with one attached hydrogen (secondary N) is 1. The normalized spacial score (nSPS) is 14.3. The van der Waals surface area contributed by atoms with E-state index < -0.39 is 0 Å². The van der Waals surface area contributed by atoms with Gasteiger partial charge in [0.1, 0.15) is 11.2 Å². The standard InChI is InChI=1S/C31H33N7OS/c1-20(2)36-13-15-37(16-14-36)25-12-11-23(18-22(25)4)33-31-32-19-24-28(34-31)29(27-10-7-17-40-27)35-38(30(24)39)26-9-6-5-8-21(26)3/h5-12,17-20H,13-16H2,1-4H3,(H,32,33,34). The molecule has 204 valence electrons. The molecule has 0 radical (unpaired) electrons. The van der Waals surface area contributed by atoms with Crippen LogP contribution in [0.1, 0.15) is 25.0 Å². The molecular formula is C31H33N7OS. The Labute approximate surface area is 237 Å². The second kappa shape index (κ2) is 10.8. The molecule has 1 N–H and O–H groups in total. The number of aryl methyl sites for hydroxylation is 2. The Morgan fingerprint density at radius 1 is 0.925 bits per heavy atom. The third-order valence-corrected chi connectivity index (χ3v) is 8.45. The van der Waals surface area contributed by atoms with Gasteiger partial charge in [-0.2, -0.15) is 9.78 Å². The molecule has 1 fully saturated rings. The van der Waals surface area contributed by atoms with Gasteiger partial charge in [0.05, 0.1) is 16.0 Å². The van der Waals surface area contributed by atoms with Gasteiger partial charge in [-0.05, 0) is 74.5 Å². The van der Waals surface area contributed by atoms with E-state index in [1.807, 2.05) is 48.7 Å². The summed E-state index contributed by atoms with van der Waals surface area (Å²) in [4.78, 5) is 28.8. The summed E-state index contributed by atoms with van der Waals surface area (Å²) < 4.78 is 1.46. The first kappa shape index (κ1) is 26.2. The van der Waals surface area contributed by atoms with Gasteiger partial charge in [0.25, 0.3) is 5.56 Å². The highest BCUT2D eigenvalue weighted by Gasteiger charge is 2.21. The van der Waals surface area contributed by atoms with Crippen molar-refractivity contribution in [3.8, 4) is 16.3 Å². The molecule has 0 aliphatic carbocycles. The zero-order valence-electron chi connectivity index (χ0n) is 23.3. The molecule has 1 aliphatic heterocycles. The summed E-state index contributed by atoms with van der Waals surface area (Å²) >= 11 is 1.57. The lowest BCUT2D eigenvalue weighted by atomic mass is 10.1. The van der Waals surface area contributed by atoms with Crippen LogP contribution in [0.4, 0.5) is 17.3 Å². The summed E-state index contributed by atoms with van der Waals surface area (Å²) in [5.41, 5.74) is 6.02. The topological polar surface area (TPSA) is 79.2 Å². The van der Waals surface area contributed by atoms with Crippen molar-refractivity contribution < 1.29 is 0 Å². The average Bonchev–Trinajstić information content (AvgIpc) is 3.49. The van der Waals surface area contributed by atoms with Crippen LogP contribution in [0.3, 0.4) is 0 Å². The van der Waals surface area contributed by atoms with Gasteiger partial charge in [-0.1, -0.05) is 24.3 Å². The van der Waals surface area contributed by atoms with Crippen LogP contribution in [0.15, 0.2) is 71.0 Å². The van der Waals surface area contributed by atoms with Crippen LogP contribution in [0.25, 0.3) is 27.2 Å². The summed E-state index contributed by atoms with van der Waals surface area (Å²) in [6.45, 7) is 12.8. The van der Waals surface area contributed by atoms with Gasteiger partial charge in [0, 0.05) is 49.8 Å². The number of thiophene rings is 1. The Morgan fingerprint density at radius 3 is 2.42 bits per heavy atom. The monoisotopic (exact) mass is 551 g/mol. The summed E-state index contributed by atoms with van der Waals surface area (Å²) in [6.07, 6.45) is 1.61. The summed E-state index contributed by atoms with van der Waals surface area (Å²) in [5, 5.41) is 10.6. The second-order valence-electron chi connectivity index (χ2n) is 10.5. The van der Waals surface area contributed by atoms with Crippen molar-refractivity contribution in [2.24, 2.45) is 0 Å². The Hall–Kier alpha value is -4.08. The minimum atomic E-state index is -0.242. The van der Waals surface area contributed by atoms with Crippen LogP contribution in [0.2, 0.25) is 0 Å². The van der Waals surface area contributed by atoms with Crippen molar-refractivity contribution in [2.75, 3.05) is 36.4 Å². The maximum Gasteiger partial charge on any atom is 0.282 e. The van der Waals surface area contributed by atoms with E-state index in [2.05, 4.69) is 59.1 Å². The molecule has 5 aromatic rings. The molecule has 6 rings (SSSR count). The molecule has 0 atom stereocenters. The van der Waals surface area contributed by atoms with E-state index in [1.165, 1.54) is 15.9 Å². The number of fused-ring (bicyclic) bond motifs is 1. The third kappa shape index (κ3) is 4.98. The maximum absolute atomic E-state index is 13.6. The Bertz CT molecular complexity index is 1720. The van der Waals surface area contributed by atoms with E-state index in [-0.39, 0.29) is 5.56 Å². The number of hydrogen-bond acceptors (Lipinski definition) is 8. The van der Waals surface area contributed by atoms with Crippen LogP contribution in [-0.4, -0.2) is 56.9 Å². The number of aromatic nitrogens is 4. The molecule has 2 aromatic carbocycles. The lowest BCUT2D eigenvalue weighted by Crippen LogP contribution is -2.49. The number of hydrogen-bond donors (Lipinski definition) is 1. The quantitative estimate of drug-likeness (QED) is 0.286. The zero-order valence-corrected chi connectivity index (χ0v) is 24.1. The van der Waals surface area contributed by atoms with Crippen LogP contribution in [-0.2, 0) is 0 Å². The Morgan fingerprint density at radius 2 is 1.73 bits per heavy atom. The molecule has 3 aromatic heterocycles. The molecular weight excluding hydrogens is 518 g/mol. The molecule has 9 heteroatoms. The van der Waals surface area contributed by atoms with Crippen molar-refractivity contribution in [2.45, 2.75) is 33.7 Å². The maximum atomic E-state index is 13.6. The first-order valence-electron chi connectivity index (χ1n) is 13.7. The average molecular weight is 552 g/mol. The van der Waals surface area contributed by atoms with E-state index in [4.69, 9.17) is 10.1 Å². The van der Waals surface area contributed by atoms with E-state index >= 15 is 0 Å². The van der Waals surface area contributed by atoms with Gasteiger partial charge in [0.15, 0.2) is 0 Å². The molecule has 0 amide bonds. The van der Waals surface area contributed by atoms with Crippen molar-refractivity contribution in [3.63, 3.8) is 0 Å². The number of piperazine rings is 1. The van der Waals surface area contributed by atoms with Gasteiger partial charge in [-0.25, -0.2) is 9.97 Å². The molecule has 1 saturated heterocycles. The van der Waals surface area contributed by atoms with Crippen molar-refractivity contribution in [1.82, 2.24) is 24.6 Å². The van der Waals surface area contributed by atoms with E-state index in [0.29, 0.717) is 28.6 Å². The fourth-order valence-corrected chi connectivity index (χ4v) is 6.04. The molecule has 0 spiro atoms. The Kier molecular flexibility index (Phi) is 7.08. The highest BCUT2D eigenvalue weighted by molar-refractivity contribution is 7.13. The molecule has 8 nitrogen and oxygen atoms in total. The second-order valence-corrected chi connectivity index (χ2v) is 11.5. The molecule has 0 unspecified atom stereocenters. The van der Waals surface area contributed by atoms with Crippen molar-refractivity contribution in [1.29, 1.82) is 0 Å². The van der Waals surface area contributed by atoms with Crippen LogP contribution >= 0.6 is 11.3 Å². The SMILES string of the molecule is Cc1cc(Nc2ncc3c(=O)n(-c4ccccc4C)nc(-c4cccs4)c3n2)ccc1N1CCN(C(C)C)CC1. The number of nitrogens with zero attached hydrogens (tertiary/aromatic N) is 6. The summed E-state index contributed by atoms with van der Waals surface area (Å²) in [6, 6.07) is 18.7. The molecule has 4 heterocycles.